The van der Waals surface area contributed by atoms with Crippen LogP contribution in [-0.4, -0.2) is 26.0 Å². The highest BCUT2D eigenvalue weighted by Crippen LogP contribution is 2.38. The van der Waals surface area contributed by atoms with E-state index in [2.05, 4.69) is 5.32 Å². The van der Waals surface area contributed by atoms with Crippen LogP contribution in [0.5, 0.6) is 11.5 Å². The van der Waals surface area contributed by atoms with E-state index in [9.17, 15) is 10.4 Å². The van der Waals surface area contributed by atoms with Crippen LogP contribution in [0.3, 0.4) is 0 Å². The fourth-order valence-electron chi connectivity index (χ4n) is 3.10. The molecular weight excluding hydrogens is 296 g/mol. The van der Waals surface area contributed by atoms with Crippen molar-refractivity contribution in [1.82, 2.24) is 5.32 Å². The molecule has 6 nitrogen and oxygen atoms in total. The molecule has 0 aliphatic carbocycles. The van der Waals surface area contributed by atoms with Gasteiger partial charge in [-0.05, 0) is 29.7 Å². The van der Waals surface area contributed by atoms with Crippen molar-refractivity contribution in [3.8, 4) is 11.5 Å². The number of quaternary nitrogens is 1. The highest BCUT2D eigenvalue weighted by atomic mass is 16.8. The van der Waals surface area contributed by atoms with Gasteiger partial charge in [0.2, 0.25) is 0 Å². The lowest BCUT2D eigenvalue weighted by Crippen LogP contribution is -2.99. The van der Waals surface area contributed by atoms with E-state index < -0.39 is 5.23 Å². The van der Waals surface area contributed by atoms with Gasteiger partial charge in [-0.25, -0.2) is 5.21 Å². The molecule has 2 atom stereocenters. The number of benzene rings is 2. The normalized spacial score (nSPS) is 18.2. The van der Waals surface area contributed by atoms with Crippen LogP contribution >= 0.6 is 0 Å². The first-order chi connectivity index (χ1) is 11.2. The molecule has 2 aromatic carbocycles. The highest BCUT2D eigenvalue weighted by Gasteiger charge is 2.27. The predicted molar refractivity (Wildman–Crippen MR) is 85.3 cm³/mol. The molecule has 6 heteroatoms. The summed E-state index contributed by atoms with van der Waals surface area (Å²) in [5, 5.41) is 23.5. The molecule has 0 saturated heterocycles. The summed E-state index contributed by atoms with van der Waals surface area (Å²) in [6.07, 6.45) is 0.863. The summed E-state index contributed by atoms with van der Waals surface area (Å²) in [5.74, 6) is 1.34. The van der Waals surface area contributed by atoms with Crippen molar-refractivity contribution in [3.63, 3.8) is 0 Å². The van der Waals surface area contributed by atoms with Crippen LogP contribution < -0.4 is 20.0 Å². The van der Waals surface area contributed by atoms with E-state index in [1.54, 1.807) is 26.4 Å². The third-order valence-electron chi connectivity index (χ3n) is 4.20. The molecule has 1 aliphatic heterocycles. The van der Waals surface area contributed by atoms with Crippen molar-refractivity contribution in [1.29, 1.82) is 0 Å². The molecule has 3 N–H and O–H groups in total. The third kappa shape index (κ3) is 2.89. The van der Waals surface area contributed by atoms with Crippen LogP contribution in [-0.2, 0) is 6.42 Å². The summed E-state index contributed by atoms with van der Waals surface area (Å²) in [6, 6.07) is 10.8. The third-order valence-corrected chi connectivity index (χ3v) is 4.20. The van der Waals surface area contributed by atoms with Crippen molar-refractivity contribution in [3.05, 3.63) is 58.3 Å². The van der Waals surface area contributed by atoms with Crippen LogP contribution in [0, 0.1) is 5.21 Å². The fraction of sp³-hybridized carbons (Fsp3) is 0.294. The number of nitrogens with one attached hydrogen (secondary N) is 2. The molecular formula is C17H20N2O4. The minimum Gasteiger partial charge on any atom is -0.595 e. The lowest BCUT2D eigenvalue weighted by Gasteiger charge is -2.30. The fourth-order valence-corrected chi connectivity index (χ4v) is 3.10. The van der Waals surface area contributed by atoms with Crippen molar-refractivity contribution in [2.45, 2.75) is 12.5 Å². The summed E-state index contributed by atoms with van der Waals surface area (Å²) in [5.41, 5.74) is 3.25. The smallest absolute Gasteiger partial charge is 0.168 e. The van der Waals surface area contributed by atoms with Gasteiger partial charge in [-0.1, -0.05) is 18.2 Å². The van der Waals surface area contributed by atoms with Crippen molar-refractivity contribution < 1.29 is 19.9 Å². The second-order valence-electron chi connectivity index (χ2n) is 5.44. The molecule has 1 heterocycles. The molecule has 1 aliphatic rings. The first-order valence-corrected chi connectivity index (χ1v) is 7.46. The maximum atomic E-state index is 11.5. The van der Waals surface area contributed by atoms with Gasteiger partial charge in [-0.15, -0.1) is 0 Å². The van der Waals surface area contributed by atoms with E-state index in [0.29, 0.717) is 17.2 Å². The van der Waals surface area contributed by atoms with E-state index in [1.165, 1.54) is 0 Å². The van der Waals surface area contributed by atoms with Crippen LogP contribution in [0.2, 0.25) is 0 Å². The summed E-state index contributed by atoms with van der Waals surface area (Å²) in [4.78, 5) is 0. The maximum Gasteiger partial charge on any atom is 0.168 e. The second-order valence-corrected chi connectivity index (χ2v) is 5.44. The Morgan fingerprint density at radius 2 is 1.83 bits per heavy atom. The van der Waals surface area contributed by atoms with Crippen LogP contribution in [0.15, 0.2) is 36.4 Å². The molecule has 2 aromatic rings. The van der Waals surface area contributed by atoms with Gasteiger partial charge in [0.1, 0.15) is 0 Å². The first kappa shape index (κ1) is 15.8. The van der Waals surface area contributed by atoms with Crippen molar-refractivity contribution in [2.24, 2.45) is 0 Å². The molecule has 3 rings (SSSR count). The molecule has 0 aromatic heterocycles. The Morgan fingerprint density at radius 3 is 2.52 bits per heavy atom. The van der Waals surface area contributed by atoms with Crippen LogP contribution in [0.4, 0.5) is 5.69 Å². The maximum absolute atomic E-state index is 11.5. The monoisotopic (exact) mass is 316 g/mol. The van der Waals surface area contributed by atoms with Crippen LogP contribution in [0.25, 0.3) is 0 Å². The zero-order chi connectivity index (χ0) is 16.4. The van der Waals surface area contributed by atoms with Gasteiger partial charge < -0.3 is 20.0 Å². The molecule has 0 bridgehead atoms. The van der Waals surface area contributed by atoms with E-state index in [0.717, 1.165) is 29.7 Å². The van der Waals surface area contributed by atoms with Gasteiger partial charge in [0.05, 0.1) is 20.3 Å². The standard InChI is InChI=1S/C17H20N2O4/c1-22-15-9-11-7-8-18-17(13(11)10-16(15)23-2)12-5-3-4-6-14(12)19(20)21/h3-6,9-10,17-20H,7-8H2,1-2H3/t17-/m1/s1. The Labute approximate surface area is 134 Å². The zero-order valence-electron chi connectivity index (χ0n) is 13.1. The van der Waals surface area contributed by atoms with Gasteiger partial charge in [-0.3, -0.25) is 0 Å². The van der Waals surface area contributed by atoms with Crippen molar-refractivity contribution in [2.75, 3.05) is 20.8 Å². The number of rotatable bonds is 4. The van der Waals surface area contributed by atoms with Gasteiger partial charge in [0.15, 0.2) is 17.2 Å². The number of hydrogen-bond acceptors (Lipinski definition) is 5. The largest absolute Gasteiger partial charge is 0.595 e. The number of para-hydroxylation sites is 1. The Kier molecular flexibility index (Phi) is 4.49. The van der Waals surface area contributed by atoms with Crippen LogP contribution in [0.1, 0.15) is 22.7 Å². The highest BCUT2D eigenvalue weighted by molar-refractivity contribution is 5.54. The molecule has 0 fully saturated rings. The lowest BCUT2D eigenvalue weighted by atomic mass is 9.88. The molecule has 0 saturated carbocycles. The zero-order valence-corrected chi connectivity index (χ0v) is 13.1. The van der Waals surface area contributed by atoms with Gasteiger partial charge >= 0.3 is 0 Å². The molecule has 0 spiro atoms. The van der Waals surface area contributed by atoms with E-state index >= 15 is 0 Å². The van der Waals surface area contributed by atoms with Gasteiger partial charge in [0.25, 0.3) is 0 Å². The minimum absolute atomic E-state index is 0.175. The summed E-state index contributed by atoms with van der Waals surface area (Å²) < 4.78 is 10.8. The van der Waals surface area contributed by atoms with E-state index in [1.807, 2.05) is 24.3 Å². The summed E-state index contributed by atoms with van der Waals surface area (Å²) >= 11 is 0. The summed E-state index contributed by atoms with van der Waals surface area (Å²) in [6.45, 7) is 0.779. The lowest BCUT2D eigenvalue weighted by molar-refractivity contribution is -0.991. The van der Waals surface area contributed by atoms with Gasteiger partial charge in [0, 0.05) is 18.2 Å². The topological polar surface area (TPSA) is 78.2 Å². The molecule has 1 unspecified atom stereocenters. The average molecular weight is 316 g/mol. The molecule has 0 radical (unpaired) electrons. The number of ether oxygens (including phenoxy) is 2. The Hall–Kier alpha value is -2.12. The predicted octanol–water partition coefficient (Wildman–Crippen LogP) is 1.34. The number of methoxy groups -OCH3 is 2. The Morgan fingerprint density at radius 1 is 1.13 bits per heavy atom. The molecule has 0 amide bonds. The SMILES string of the molecule is COc1cc2c(cc1OC)[C@@H](c1ccccc1[NH+]([O-])O)NCC2. The van der Waals surface area contributed by atoms with E-state index in [-0.39, 0.29) is 6.04 Å². The Balaban J connectivity index is 2.12. The van der Waals surface area contributed by atoms with E-state index in [4.69, 9.17) is 9.47 Å². The van der Waals surface area contributed by atoms with Gasteiger partial charge in [-0.2, -0.15) is 5.23 Å². The molecule has 122 valence electrons. The molecule has 23 heavy (non-hydrogen) atoms. The average Bonchev–Trinajstić information content (AvgIpc) is 2.59. The first-order valence-electron chi connectivity index (χ1n) is 7.46. The Bertz CT molecular complexity index is 703. The number of hydrogen-bond donors (Lipinski definition) is 3. The quantitative estimate of drug-likeness (QED) is 0.742. The number of fused-ring (bicyclic) bond motifs is 1. The minimum atomic E-state index is -0.921. The summed E-state index contributed by atoms with van der Waals surface area (Å²) in [7, 11) is 3.21. The van der Waals surface area contributed by atoms with Crippen molar-refractivity contribution >= 4 is 5.69 Å². The second kappa shape index (κ2) is 6.55.